The number of aromatic nitrogens is 5. The zero-order valence-electron chi connectivity index (χ0n) is 15.0. The topological polar surface area (TPSA) is 68.8 Å². The van der Waals surface area contributed by atoms with E-state index in [1.807, 2.05) is 24.4 Å². The molecule has 0 N–H and O–H groups in total. The molecule has 0 saturated carbocycles. The van der Waals surface area contributed by atoms with Crippen molar-refractivity contribution < 1.29 is 18.0 Å². The van der Waals surface area contributed by atoms with Crippen molar-refractivity contribution in [1.29, 1.82) is 0 Å². The lowest BCUT2D eigenvalue weighted by molar-refractivity contribution is -0.148. The summed E-state index contributed by atoms with van der Waals surface area (Å²) in [5, 5.41) is 11.1. The van der Waals surface area contributed by atoms with E-state index in [1.165, 1.54) is 4.90 Å². The van der Waals surface area contributed by atoms with Crippen LogP contribution in [0.5, 0.6) is 0 Å². The lowest BCUT2D eigenvalue weighted by Crippen LogP contribution is -2.42. The zero-order valence-corrected chi connectivity index (χ0v) is 15.0. The highest BCUT2D eigenvalue weighted by Crippen LogP contribution is 2.33. The molecule has 1 aliphatic rings. The smallest absolute Gasteiger partial charge is 0.327 e. The van der Waals surface area contributed by atoms with Crippen molar-refractivity contribution in [3.63, 3.8) is 0 Å². The second-order valence-electron chi connectivity index (χ2n) is 6.61. The summed E-state index contributed by atoms with van der Waals surface area (Å²) < 4.78 is 41.9. The number of alkyl halides is 3. The van der Waals surface area contributed by atoms with Gasteiger partial charge in [0.1, 0.15) is 0 Å². The van der Waals surface area contributed by atoms with Crippen molar-refractivity contribution in [3.05, 3.63) is 65.5 Å². The Balaban J connectivity index is 1.52. The number of amides is 1. The van der Waals surface area contributed by atoms with Gasteiger partial charge in [0, 0.05) is 31.0 Å². The molecule has 3 aromatic rings. The molecule has 3 heterocycles. The first-order valence-corrected chi connectivity index (χ1v) is 8.72. The van der Waals surface area contributed by atoms with Gasteiger partial charge in [-0.15, -0.1) is 10.2 Å². The number of hydrogen-bond donors (Lipinski definition) is 0. The molecule has 0 spiro atoms. The fourth-order valence-electron chi connectivity index (χ4n) is 3.37. The van der Waals surface area contributed by atoms with E-state index < -0.39 is 18.0 Å². The van der Waals surface area contributed by atoms with Gasteiger partial charge in [-0.2, -0.15) is 18.3 Å². The summed E-state index contributed by atoms with van der Waals surface area (Å²) in [4.78, 5) is 14.4. The van der Waals surface area contributed by atoms with Crippen LogP contribution in [0, 0.1) is 0 Å². The molecule has 146 valence electrons. The molecule has 28 heavy (non-hydrogen) atoms. The third-order valence-electron chi connectivity index (χ3n) is 4.80. The van der Waals surface area contributed by atoms with Crippen LogP contribution in [0.15, 0.2) is 42.7 Å². The molecule has 1 aliphatic heterocycles. The van der Waals surface area contributed by atoms with Gasteiger partial charge in [-0.25, -0.2) is 0 Å². The molecule has 4 rings (SSSR count). The van der Waals surface area contributed by atoms with Gasteiger partial charge < -0.3 is 9.47 Å². The number of halogens is 3. The van der Waals surface area contributed by atoms with Crippen molar-refractivity contribution in [1.82, 2.24) is 29.4 Å². The normalized spacial score (nSPS) is 16.9. The van der Waals surface area contributed by atoms with Gasteiger partial charge in [-0.05, 0) is 30.7 Å². The summed E-state index contributed by atoms with van der Waals surface area (Å²) in [6.07, 6.45) is -1.03. The van der Waals surface area contributed by atoms with E-state index in [-0.39, 0.29) is 24.8 Å². The summed E-state index contributed by atoms with van der Waals surface area (Å²) in [6, 6.07) is 8.34. The Bertz CT molecular complexity index is 978. The molecule has 0 radical (unpaired) electrons. The van der Waals surface area contributed by atoms with E-state index in [1.54, 1.807) is 29.9 Å². The molecular weight excluding hydrogens is 373 g/mol. The summed E-state index contributed by atoms with van der Waals surface area (Å²) in [5.41, 5.74) is 1.46. The predicted molar refractivity (Wildman–Crippen MR) is 92.2 cm³/mol. The third-order valence-corrected chi connectivity index (χ3v) is 4.80. The van der Waals surface area contributed by atoms with E-state index >= 15 is 0 Å². The van der Waals surface area contributed by atoms with E-state index in [0.29, 0.717) is 12.1 Å². The Kier molecular flexibility index (Phi) is 4.40. The van der Waals surface area contributed by atoms with Crippen molar-refractivity contribution in [3.8, 4) is 0 Å². The minimum absolute atomic E-state index is 0.00460. The molecule has 10 heteroatoms. The van der Waals surface area contributed by atoms with Crippen LogP contribution in [0.25, 0.3) is 0 Å². The number of benzene rings is 1. The summed E-state index contributed by atoms with van der Waals surface area (Å²) >= 11 is 0. The number of hydrogen-bond acceptors (Lipinski definition) is 4. The molecular formula is C18H17F3N6O. The minimum Gasteiger partial charge on any atom is -0.327 e. The molecule has 0 bridgehead atoms. The van der Waals surface area contributed by atoms with E-state index in [9.17, 15) is 18.0 Å². The van der Waals surface area contributed by atoms with Gasteiger partial charge in [-0.1, -0.05) is 12.1 Å². The van der Waals surface area contributed by atoms with Gasteiger partial charge in [-0.3, -0.25) is 9.48 Å². The van der Waals surface area contributed by atoms with Gasteiger partial charge in [0.15, 0.2) is 5.82 Å². The second kappa shape index (κ2) is 6.77. The first kappa shape index (κ1) is 18.2. The van der Waals surface area contributed by atoms with E-state index in [2.05, 4.69) is 15.3 Å². The highest BCUT2D eigenvalue weighted by Gasteiger charge is 2.41. The Labute approximate surface area is 158 Å². The van der Waals surface area contributed by atoms with Crippen molar-refractivity contribution in [2.45, 2.75) is 32.2 Å². The van der Waals surface area contributed by atoms with Crippen LogP contribution >= 0.6 is 0 Å². The van der Waals surface area contributed by atoms with E-state index in [4.69, 9.17) is 0 Å². The average Bonchev–Trinajstić information content (AvgIpc) is 3.31. The molecule has 0 aliphatic carbocycles. The fourth-order valence-corrected chi connectivity index (χ4v) is 3.37. The van der Waals surface area contributed by atoms with Crippen molar-refractivity contribution >= 4 is 5.91 Å². The number of carbonyl (C=O) groups excluding carboxylic acids is 1. The molecule has 0 fully saturated rings. The average molecular weight is 390 g/mol. The van der Waals surface area contributed by atoms with Crippen LogP contribution in [0.3, 0.4) is 0 Å². The molecule has 1 amide bonds. The van der Waals surface area contributed by atoms with Crippen LogP contribution < -0.4 is 0 Å². The van der Waals surface area contributed by atoms with Crippen LogP contribution in [-0.4, -0.2) is 41.9 Å². The van der Waals surface area contributed by atoms with Gasteiger partial charge in [0.25, 0.3) is 5.91 Å². The van der Waals surface area contributed by atoms with Crippen molar-refractivity contribution in [2.24, 2.45) is 0 Å². The van der Waals surface area contributed by atoms with Crippen LogP contribution in [0.1, 0.15) is 40.5 Å². The Morgan fingerprint density at radius 3 is 2.57 bits per heavy atom. The standard InChI is InChI=1S/C18H17F3N6O/c1-12-15-23-24-17(18(19,20)21)27(15)10-9-26(12)16(28)14-5-3-13(4-6-14)11-25-8-2-7-22-25/h2-8,12H,9-11H2,1H3. The van der Waals surface area contributed by atoms with Crippen LogP contribution in [-0.2, 0) is 19.3 Å². The highest BCUT2D eigenvalue weighted by atomic mass is 19.4. The highest BCUT2D eigenvalue weighted by molar-refractivity contribution is 5.94. The summed E-state index contributed by atoms with van der Waals surface area (Å²) in [5.74, 6) is -1.13. The zero-order chi connectivity index (χ0) is 19.9. The monoisotopic (exact) mass is 390 g/mol. The Hall–Kier alpha value is -3.17. The van der Waals surface area contributed by atoms with Gasteiger partial charge in [0.2, 0.25) is 5.82 Å². The quantitative estimate of drug-likeness (QED) is 0.690. The third kappa shape index (κ3) is 3.25. The maximum Gasteiger partial charge on any atom is 0.451 e. The first-order chi connectivity index (χ1) is 13.3. The summed E-state index contributed by atoms with van der Waals surface area (Å²) in [7, 11) is 0. The molecule has 2 aromatic heterocycles. The fraction of sp³-hybridized carbons (Fsp3) is 0.333. The lowest BCUT2D eigenvalue weighted by Gasteiger charge is -2.34. The van der Waals surface area contributed by atoms with Crippen LogP contribution in [0.2, 0.25) is 0 Å². The predicted octanol–water partition coefficient (Wildman–Crippen LogP) is 2.76. The Morgan fingerprint density at radius 1 is 1.18 bits per heavy atom. The largest absolute Gasteiger partial charge is 0.451 e. The van der Waals surface area contributed by atoms with Crippen molar-refractivity contribution in [2.75, 3.05) is 6.54 Å². The maximum atomic E-state index is 13.0. The number of carbonyl (C=O) groups is 1. The molecule has 1 unspecified atom stereocenters. The molecule has 1 atom stereocenters. The maximum absolute atomic E-state index is 13.0. The van der Waals surface area contributed by atoms with Gasteiger partial charge in [0.05, 0.1) is 12.6 Å². The molecule has 0 saturated heterocycles. The Morgan fingerprint density at radius 2 is 1.93 bits per heavy atom. The van der Waals surface area contributed by atoms with Gasteiger partial charge >= 0.3 is 6.18 Å². The molecule has 1 aromatic carbocycles. The molecule has 7 nitrogen and oxygen atoms in total. The lowest BCUT2D eigenvalue weighted by atomic mass is 10.1. The number of rotatable bonds is 3. The van der Waals surface area contributed by atoms with E-state index in [0.717, 1.165) is 10.1 Å². The number of fused-ring (bicyclic) bond motifs is 1. The first-order valence-electron chi connectivity index (χ1n) is 8.72. The van der Waals surface area contributed by atoms with Crippen LogP contribution in [0.4, 0.5) is 13.2 Å². The minimum atomic E-state index is -4.57. The second-order valence-corrected chi connectivity index (χ2v) is 6.61. The summed E-state index contributed by atoms with van der Waals surface area (Å²) in [6.45, 7) is 2.41. The SMILES string of the molecule is CC1c2nnc(C(F)(F)F)n2CCN1C(=O)c1ccc(Cn2cccn2)cc1. The number of nitrogens with zero attached hydrogens (tertiary/aromatic N) is 6.